The SMILES string of the molecule is CCN1CCOC(COCCC2CCCNC2)C1. The van der Waals surface area contributed by atoms with Gasteiger partial charge in [0.15, 0.2) is 0 Å². The molecular formula is C14H28N2O2. The average molecular weight is 256 g/mol. The summed E-state index contributed by atoms with van der Waals surface area (Å²) in [6, 6.07) is 0. The van der Waals surface area contributed by atoms with Gasteiger partial charge in [-0.05, 0) is 44.8 Å². The molecule has 2 aliphatic heterocycles. The number of hydrogen-bond acceptors (Lipinski definition) is 4. The van der Waals surface area contributed by atoms with Crippen molar-refractivity contribution >= 4 is 0 Å². The quantitative estimate of drug-likeness (QED) is 0.722. The molecule has 0 radical (unpaired) electrons. The first-order chi connectivity index (χ1) is 8.88. The summed E-state index contributed by atoms with van der Waals surface area (Å²) in [5.41, 5.74) is 0. The van der Waals surface area contributed by atoms with Gasteiger partial charge in [-0.25, -0.2) is 0 Å². The van der Waals surface area contributed by atoms with E-state index in [1.807, 2.05) is 0 Å². The van der Waals surface area contributed by atoms with Gasteiger partial charge in [0.1, 0.15) is 0 Å². The van der Waals surface area contributed by atoms with E-state index in [2.05, 4.69) is 17.1 Å². The number of likely N-dealkylation sites (N-methyl/N-ethyl adjacent to an activating group) is 1. The second kappa shape index (κ2) is 8.10. The molecule has 0 bridgehead atoms. The van der Waals surface area contributed by atoms with Crippen LogP contribution in [-0.4, -0.2) is 63.5 Å². The van der Waals surface area contributed by atoms with E-state index in [-0.39, 0.29) is 6.10 Å². The van der Waals surface area contributed by atoms with Crippen LogP contribution in [0.25, 0.3) is 0 Å². The molecule has 0 aromatic carbocycles. The third-order valence-corrected chi connectivity index (χ3v) is 4.04. The predicted octanol–water partition coefficient (Wildman–Crippen LogP) is 1.11. The van der Waals surface area contributed by atoms with Gasteiger partial charge in [0.25, 0.3) is 0 Å². The van der Waals surface area contributed by atoms with Crippen molar-refractivity contribution in [3.63, 3.8) is 0 Å². The fourth-order valence-electron chi connectivity index (χ4n) is 2.80. The molecule has 2 unspecified atom stereocenters. The molecule has 0 spiro atoms. The molecule has 2 heterocycles. The number of rotatable bonds is 6. The van der Waals surface area contributed by atoms with Crippen LogP contribution in [0.1, 0.15) is 26.2 Å². The summed E-state index contributed by atoms with van der Waals surface area (Å²) in [5.74, 6) is 0.818. The van der Waals surface area contributed by atoms with E-state index in [9.17, 15) is 0 Å². The van der Waals surface area contributed by atoms with Crippen LogP contribution in [0, 0.1) is 5.92 Å². The van der Waals surface area contributed by atoms with E-state index in [4.69, 9.17) is 9.47 Å². The molecule has 2 atom stereocenters. The molecule has 1 N–H and O–H groups in total. The zero-order valence-electron chi connectivity index (χ0n) is 11.7. The summed E-state index contributed by atoms with van der Waals surface area (Å²) >= 11 is 0. The lowest BCUT2D eigenvalue weighted by atomic mass is 9.97. The Kier molecular flexibility index (Phi) is 6.41. The molecule has 0 aromatic rings. The average Bonchev–Trinajstić information content (AvgIpc) is 2.45. The monoisotopic (exact) mass is 256 g/mol. The number of nitrogens with zero attached hydrogens (tertiary/aromatic N) is 1. The van der Waals surface area contributed by atoms with Gasteiger partial charge in [-0.2, -0.15) is 0 Å². The van der Waals surface area contributed by atoms with E-state index >= 15 is 0 Å². The van der Waals surface area contributed by atoms with Crippen molar-refractivity contribution in [3.8, 4) is 0 Å². The van der Waals surface area contributed by atoms with Crippen LogP contribution in [0.15, 0.2) is 0 Å². The number of hydrogen-bond donors (Lipinski definition) is 1. The molecule has 0 aliphatic carbocycles. The molecule has 0 saturated carbocycles. The predicted molar refractivity (Wildman–Crippen MR) is 72.9 cm³/mol. The second-order valence-corrected chi connectivity index (χ2v) is 5.46. The Morgan fingerprint density at radius 3 is 3.17 bits per heavy atom. The van der Waals surface area contributed by atoms with Crippen LogP contribution in [0.5, 0.6) is 0 Å². The summed E-state index contributed by atoms with van der Waals surface area (Å²) in [5, 5.41) is 3.45. The first-order valence-electron chi connectivity index (χ1n) is 7.51. The van der Waals surface area contributed by atoms with Crippen LogP contribution < -0.4 is 5.32 Å². The molecule has 4 heteroatoms. The van der Waals surface area contributed by atoms with Gasteiger partial charge < -0.3 is 14.8 Å². The minimum absolute atomic E-state index is 0.281. The smallest absolute Gasteiger partial charge is 0.0935 e. The van der Waals surface area contributed by atoms with Gasteiger partial charge in [0.05, 0.1) is 19.3 Å². The minimum Gasteiger partial charge on any atom is -0.379 e. The Bertz CT molecular complexity index is 220. The van der Waals surface area contributed by atoms with E-state index in [0.29, 0.717) is 0 Å². The first kappa shape index (κ1) is 14.3. The number of nitrogens with one attached hydrogen (secondary N) is 1. The van der Waals surface area contributed by atoms with Gasteiger partial charge in [-0.15, -0.1) is 0 Å². The first-order valence-corrected chi connectivity index (χ1v) is 7.51. The summed E-state index contributed by atoms with van der Waals surface area (Å²) in [4.78, 5) is 2.43. The Morgan fingerprint density at radius 1 is 1.44 bits per heavy atom. The molecule has 0 amide bonds. The zero-order chi connectivity index (χ0) is 12.6. The molecule has 18 heavy (non-hydrogen) atoms. The summed E-state index contributed by atoms with van der Waals surface area (Å²) in [7, 11) is 0. The highest BCUT2D eigenvalue weighted by Gasteiger charge is 2.19. The Labute approximate surface area is 111 Å². The van der Waals surface area contributed by atoms with Crippen molar-refractivity contribution in [2.45, 2.75) is 32.3 Å². The van der Waals surface area contributed by atoms with Crippen molar-refractivity contribution in [3.05, 3.63) is 0 Å². The van der Waals surface area contributed by atoms with E-state index in [0.717, 1.165) is 45.4 Å². The Balaban J connectivity index is 1.52. The molecule has 2 aliphatic rings. The van der Waals surface area contributed by atoms with Crippen molar-refractivity contribution in [1.29, 1.82) is 0 Å². The van der Waals surface area contributed by atoms with E-state index in [1.165, 1.54) is 32.4 Å². The maximum absolute atomic E-state index is 5.79. The highest BCUT2D eigenvalue weighted by molar-refractivity contribution is 4.71. The molecule has 4 nitrogen and oxygen atoms in total. The lowest BCUT2D eigenvalue weighted by Crippen LogP contribution is -2.44. The fraction of sp³-hybridized carbons (Fsp3) is 1.00. The maximum atomic E-state index is 5.79. The lowest BCUT2D eigenvalue weighted by Gasteiger charge is -2.32. The van der Waals surface area contributed by atoms with Gasteiger partial charge in [-0.1, -0.05) is 6.92 Å². The van der Waals surface area contributed by atoms with Crippen molar-refractivity contribution in [2.75, 3.05) is 52.5 Å². The van der Waals surface area contributed by atoms with Gasteiger partial charge in [0, 0.05) is 19.7 Å². The topological polar surface area (TPSA) is 33.7 Å². The van der Waals surface area contributed by atoms with Crippen LogP contribution in [-0.2, 0) is 9.47 Å². The Hall–Kier alpha value is -0.160. The molecule has 2 rings (SSSR count). The normalized spacial score (nSPS) is 30.5. The van der Waals surface area contributed by atoms with Gasteiger partial charge in [-0.3, -0.25) is 4.90 Å². The maximum Gasteiger partial charge on any atom is 0.0935 e. The van der Waals surface area contributed by atoms with Gasteiger partial charge in [0.2, 0.25) is 0 Å². The van der Waals surface area contributed by atoms with Gasteiger partial charge >= 0.3 is 0 Å². The highest BCUT2D eigenvalue weighted by atomic mass is 16.5. The van der Waals surface area contributed by atoms with Crippen molar-refractivity contribution in [1.82, 2.24) is 10.2 Å². The van der Waals surface area contributed by atoms with Crippen molar-refractivity contribution < 1.29 is 9.47 Å². The number of piperidine rings is 1. The highest BCUT2D eigenvalue weighted by Crippen LogP contribution is 2.14. The molecule has 0 aromatic heterocycles. The van der Waals surface area contributed by atoms with E-state index in [1.54, 1.807) is 0 Å². The van der Waals surface area contributed by atoms with Crippen LogP contribution in [0.3, 0.4) is 0 Å². The minimum atomic E-state index is 0.281. The summed E-state index contributed by atoms with van der Waals surface area (Å²) in [6.07, 6.45) is 4.15. The molecule has 2 fully saturated rings. The third-order valence-electron chi connectivity index (χ3n) is 4.04. The number of morpholine rings is 1. The zero-order valence-corrected chi connectivity index (χ0v) is 11.7. The molecule has 106 valence electrons. The summed E-state index contributed by atoms with van der Waals surface area (Å²) < 4.78 is 11.5. The standard InChI is InChI=1S/C14H28N2O2/c1-2-16-7-9-18-14(11-16)12-17-8-5-13-4-3-6-15-10-13/h13-15H,2-12H2,1H3. The third kappa shape index (κ3) is 4.84. The molecular weight excluding hydrogens is 228 g/mol. The van der Waals surface area contributed by atoms with Crippen LogP contribution in [0.4, 0.5) is 0 Å². The molecule has 2 saturated heterocycles. The van der Waals surface area contributed by atoms with Crippen LogP contribution >= 0.6 is 0 Å². The van der Waals surface area contributed by atoms with E-state index < -0.39 is 0 Å². The summed E-state index contributed by atoms with van der Waals surface area (Å²) in [6.45, 7) is 10.3. The number of ether oxygens (including phenoxy) is 2. The largest absolute Gasteiger partial charge is 0.379 e. The Morgan fingerprint density at radius 2 is 2.39 bits per heavy atom. The fourth-order valence-corrected chi connectivity index (χ4v) is 2.80. The van der Waals surface area contributed by atoms with Crippen molar-refractivity contribution in [2.24, 2.45) is 5.92 Å². The van der Waals surface area contributed by atoms with Crippen LogP contribution in [0.2, 0.25) is 0 Å². The second-order valence-electron chi connectivity index (χ2n) is 5.46. The lowest BCUT2D eigenvalue weighted by molar-refractivity contribution is -0.0692.